The third-order valence-electron chi connectivity index (χ3n) is 7.77. The standard InChI is InChI=1S/C25H25FN4O5S2/c1-36(33)28-17-8-9-18-19(11-17)37(34,35)29-24(27-18)21-23(31)20-14-4-5-15(10-14)22(20)30(25(21)32)12-13-2-6-16(26)7-3-13/h2-3,6-9,11,14-15,20,22,28,31H,4-5,10,12H2,1H3,(H,27,29)/t14?,15-,20-,22+,36?/m1/s1. The van der Waals surface area contributed by atoms with Gasteiger partial charge in [-0.15, -0.1) is 4.40 Å². The van der Waals surface area contributed by atoms with E-state index >= 15 is 0 Å². The highest BCUT2D eigenvalue weighted by molar-refractivity contribution is 7.90. The second-order valence-corrected chi connectivity index (χ2v) is 12.7. The Hall–Kier alpha value is -3.25. The highest BCUT2D eigenvalue weighted by atomic mass is 32.2. The van der Waals surface area contributed by atoms with E-state index < -0.39 is 26.9 Å². The lowest BCUT2D eigenvalue weighted by atomic mass is 9.77. The largest absolute Gasteiger partial charge is 0.511 e. The topological polar surface area (TPSA) is 128 Å². The third-order valence-corrected chi connectivity index (χ3v) is 9.61. The van der Waals surface area contributed by atoms with Crippen molar-refractivity contribution >= 4 is 44.1 Å². The van der Waals surface area contributed by atoms with E-state index in [1.807, 2.05) is 0 Å². The molecule has 0 aromatic heterocycles. The molecule has 4 aliphatic rings. The summed E-state index contributed by atoms with van der Waals surface area (Å²) >= 11 is 0. The maximum Gasteiger partial charge on any atom is 0.286 e. The maximum atomic E-state index is 13.9. The lowest BCUT2D eigenvalue weighted by Crippen LogP contribution is -2.53. The first kappa shape index (κ1) is 24.1. The molecule has 194 valence electrons. The van der Waals surface area contributed by atoms with Crippen LogP contribution in [-0.4, -0.2) is 46.7 Å². The highest BCUT2D eigenvalue weighted by Crippen LogP contribution is 2.55. The number of halogens is 1. The van der Waals surface area contributed by atoms with E-state index in [2.05, 4.69) is 14.4 Å². The molecule has 0 radical (unpaired) electrons. The molecule has 2 aliphatic heterocycles. The van der Waals surface area contributed by atoms with Crippen LogP contribution >= 0.6 is 0 Å². The Bertz CT molecular complexity index is 1510. The zero-order valence-corrected chi connectivity index (χ0v) is 21.5. The monoisotopic (exact) mass is 544 g/mol. The van der Waals surface area contributed by atoms with Crippen molar-refractivity contribution in [1.29, 1.82) is 0 Å². The lowest BCUT2D eigenvalue weighted by Gasteiger charge is -2.44. The molecule has 2 aromatic rings. The lowest BCUT2D eigenvalue weighted by molar-refractivity contribution is -0.134. The molecule has 0 saturated heterocycles. The van der Waals surface area contributed by atoms with Crippen LogP contribution in [0.4, 0.5) is 15.8 Å². The van der Waals surface area contributed by atoms with E-state index in [4.69, 9.17) is 0 Å². The van der Waals surface area contributed by atoms with Crippen molar-refractivity contribution in [3.63, 3.8) is 0 Å². The number of carbonyl (C=O) groups excluding carboxylic acids is 1. The fraction of sp³-hybridized carbons (Fsp3) is 0.360. The second-order valence-electron chi connectivity index (χ2n) is 9.98. The molecular formula is C25H25FN4O5S2. The summed E-state index contributed by atoms with van der Waals surface area (Å²) in [6.07, 6.45) is 4.20. The molecule has 1 amide bonds. The van der Waals surface area contributed by atoms with Crippen molar-refractivity contribution in [3.05, 3.63) is 65.2 Å². The van der Waals surface area contributed by atoms with Crippen molar-refractivity contribution in [2.24, 2.45) is 22.2 Å². The SMILES string of the molecule is CS(=O)Nc1ccc2c(c1)S(=O)(=O)N=C(C1=C(O)[C@@H]3C4CC[C@H](C4)[C@@H]3N(Cc3ccc(F)cc3)C1=O)N2. The number of benzene rings is 2. The van der Waals surface area contributed by atoms with Gasteiger partial charge < -0.3 is 20.0 Å². The average molecular weight is 545 g/mol. The minimum Gasteiger partial charge on any atom is -0.511 e. The van der Waals surface area contributed by atoms with Gasteiger partial charge in [0.15, 0.2) is 5.84 Å². The van der Waals surface area contributed by atoms with Crippen LogP contribution in [0, 0.1) is 23.6 Å². The number of aliphatic hydroxyl groups is 1. The summed E-state index contributed by atoms with van der Waals surface area (Å²) in [6, 6.07) is 10.1. The average Bonchev–Trinajstić information content (AvgIpc) is 3.45. The van der Waals surface area contributed by atoms with Gasteiger partial charge in [0, 0.05) is 30.4 Å². The van der Waals surface area contributed by atoms with Gasteiger partial charge in [0.05, 0.1) is 5.69 Å². The molecule has 0 spiro atoms. The van der Waals surface area contributed by atoms with Crippen LogP contribution in [0.2, 0.25) is 0 Å². The number of rotatable bonds is 5. The molecule has 3 N–H and O–H groups in total. The summed E-state index contributed by atoms with van der Waals surface area (Å²) in [5, 5.41) is 14.3. The maximum absolute atomic E-state index is 13.9. The molecule has 6 rings (SSSR count). The zero-order chi connectivity index (χ0) is 26.1. The summed E-state index contributed by atoms with van der Waals surface area (Å²) in [4.78, 5) is 15.5. The van der Waals surface area contributed by atoms with Gasteiger partial charge in [0.1, 0.15) is 33.0 Å². The molecule has 2 aromatic carbocycles. The smallest absolute Gasteiger partial charge is 0.286 e. The van der Waals surface area contributed by atoms with Crippen molar-refractivity contribution < 1.29 is 26.9 Å². The van der Waals surface area contributed by atoms with Crippen LogP contribution in [0.15, 0.2) is 63.1 Å². The van der Waals surface area contributed by atoms with Gasteiger partial charge in [-0.3, -0.25) is 4.79 Å². The Labute approximate surface area is 216 Å². The van der Waals surface area contributed by atoms with E-state index in [1.54, 1.807) is 23.1 Å². The number of anilines is 2. The van der Waals surface area contributed by atoms with Crippen LogP contribution in [0.25, 0.3) is 0 Å². The number of sulfonamides is 1. The fourth-order valence-corrected chi connectivity index (χ4v) is 7.94. The molecule has 12 heteroatoms. The predicted octanol–water partition coefficient (Wildman–Crippen LogP) is 3.31. The number of amidine groups is 1. The minimum absolute atomic E-state index is 0.123. The number of nitrogens with zero attached hydrogens (tertiary/aromatic N) is 2. The third kappa shape index (κ3) is 4.02. The van der Waals surface area contributed by atoms with Crippen LogP contribution < -0.4 is 10.0 Å². The quantitative estimate of drug-likeness (QED) is 0.530. The first-order valence-electron chi connectivity index (χ1n) is 12.0. The number of nitrogens with one attached hydrogen (secondary N) is 2. The molecule has 2 fully saturated rings. The summed E-state index contributed by atoms with van der Waals surface area (Å²) in [6.45, 7) is 0.208. The number of hydrogen-bond donors (Lipinski definition) is 3. The Balaban J connectivity index is 1.41. The van der Waals surface area contributed by atoms with E-state index in [0.29, 0.717) is 5.69 Å². The molecule has 2 aliphatic carbocycles. The second kappa shape index (κ2) is 8.66. The molecule has 2 saturated carbocycles. The van der Waals surface area contributed by atoms with Crippen LogP contribution in [0.3, 0.4) is 0 Å². The molecule has 37 heavy (non-hydrogen) atoms. The first-order valence-corrected chi connectivity index (χ1v) is 15.0. The molecular weight excluding hydrogens is 519 g/mol. The van der Waals surface area contributed by atoms with Crippen LogP contribution in [0.1, 0.15) is 24.8 Å². The zero-order valence-electron chi connectivity index (χ0n) is 19.8. The number of aliphatic hydroxyl groups excluding tert-OH is 1. The summed E-state index contributed by atoms with van der Waals surface area (Å²) < 4.78 is 57.8. The molecule has 5 atom stereocenters. The van der Waals surface area contributed by atoms with E-state index in [-0.39, 0.29) is 63.9 Å². The number of carbonyl (C=O) groups is 1. The Morgan fingerprint density at radius 1 is 1.19 bits per heavy atom. The Morgan fingerprint density at radius 3 is 2.65 bits per heavy atom. The van der Waals surface area contributed by atoms with Gasteiger partial charge in [-0.25, -0.2) is 8.60 Å². The van der Waals surface area contributed by atoms with Gasteiger partial charge in [-0.1, -0.05) is 12.1 Å². The summed E-state index contributed by atoms with van der Waals surface area (Å²) in [7, 11) is -5.63. The Kier molecular flexibility index (Phi) is 5.64. The van der Waals surface area contributed by atoms with Crippen molar-refractivity contribution in [1.82, 2.24) is 4.90 Å². The summed E-state index contributed by atoms with van der Waals surface area (Å²) in [5.74, 6) is -1.12. The van der Waals surface area contributed by atoms with Gasteiger partial charge in [0.25, 0.3) is 15.9 Å². The van der Waals surface area contributed by atoms with Gasteiger partial charge in [-0.2, -0.15) is 8.42 Å². The number of fused-ring (bicyclic) bond motifs is 6. The fourth-order valence-electron chi connectivity index (χ4n) is 6.33. The van der Waals surface area contributed by atoms with Crippen molar-refractivity contribution in [3.8, 4) is 0 Å². The highest BCUT2D eigenvalue weighted by Gasteiger charge is 2.57. The first-order chi connectivity index (χ1) is 17.6. The number of amides is 1. The van der Waals surface area contributed by atoms with Crippen LogP contribution in [-0.2, 0) is 32.3 Å². The summed E-state index contributed by atoms with van der Waals surface area (Å²) in [5.41, 5.74) is 1.13. The molecule has 2 unspecified atom stereocenters. The molecule has 2 bridgehead atoms. The van der Waals surface area contributed by atoms with E-state index in [1.165, 1.54) is 30.5 Å². The minimum atomic E-state index is -4.23. The van der Waals surface area contributed by atoms with Gasteiger partial charge in [-0.05, 0) is 67.0 Å². The van der Waals surface area contributed by atoms with Gasteiger partial charge in [0.2, 0.25) is 0 Å². The molecule has 2 heterocycles. The Morgan fingerprint density at radius 2 is 1.92 bits per heavy atom. The van der Waals surface area contributed by atoms with E-state index in [0.717, 1.165) is 24.8 Å². The van der Waals surface area contributed by atoms with Crippen molar-refractivity contribution in [2.45, 2.75) is 36.7 Å². The van der Waals surface area contributed by atoms with Gasteiger partial charge >= 0.3 is 0 Å². The predicted molar refractivity (Wildman–Crippen MR) is 137 cm³/mol. The molecule has 9 nitrogen and oxygen atoms in total. The van der Waals surface area contributed by atoms with Crippen molar-refractivity contribution in [2.75, 3.05) is 16.3 Å². The van der Waals surface area contributed by atoms with E-state index in [9.17, 15) is 26.9 Å². The number of hydrogen-bond acceptors (Lipinski definition) is 6. The van der Waals surface area contributed by atoms with Crippen LogP contribution in [0.5, 0.6) is 0 Å². The normalized spacial score (nSPS) is 28.3.